The predicted molar refractivity (Wildman–Crippen MR) is 99.0 cm³/mol. The van der Waals surface area contributed by atoms with Gasteiger partial charge in [0.05, 0.1) is 24.9 Å². The molecule has 0 radical (unpaired) electrons. The molecule has 1 heterocycles. The molecule has 140 valence electrons. The van der Waals surface area contributed by atoms with Crippen LogP contribution in [0, 0.1) is 5.82 Å². The largest absolute Gasteiger partial charge is 0.480 e. The maximum atomic E-state index is 14.2. The maximum Gasteiger partial charge on any atom is 0.232 e. The third kappa shape index (κ3) is 4.89. The smallest absolute Gasteiger partial charge is 0.232 e. The van der Waals surface area contributed by atoms with E-state index in [1.54, 1.807) is 6.07 Å². The molecule has 0 spiro atoms. The number of aromatic nitrogens is 2. The van der Waals surface area contributed by atoms with Crippen molar-refractivity contribution in [1.82, 2.24) is 15.3 Å². The van der Waals surface area contributed by atoms with Crippen molar-refractivity contribution in [2.24, 2.45) is 5.73 Å². The van der Waals surface area contributed by atoms with Gasteiger partial charge >= 0.3 is 0 Å². The quantitative estimate of drug-likeness (QED) is 0.736. The Hall–Kier alpha value is -1.25. The number of nitrogens with zero attached hydrogens (tertiary/aromatic N) is 2. The highest BCUT2D eigenvalue weighted by atomic mass is 35.5. The number of aliphatic hydroxyl groups is 1. The molecular weight excluding hydrogens is 370 g/mol. The first-order valence-electron chi connectivity index (χ1n) is 7.73. The van der Waals surface area contributed by atoms with Crippen LogP contribution in [0.4, 0.5) is 4.39 Å². The van der Waals surface area contributed by atoms with Gasteiger partial charge in [0.2, 0.25) is 5.88 Å². The van der Waals surface area contributed by atoms with Crippen LogP contribution in [0.25, 0.3) is 11.0 Å². The minimum atomic E-state index is -0.516. The number of ether oxygens (including phenoxy) is 1. The summed E-state index contributed by atoms with van der Waals surface area (Å²) in [5.74, 6) is -0.0115. The zero-order valence-electron chi connectivity index (χ0n) is 13.8. The van der Waals surface area contributed by atoms with Crippen molar-refractivity contribution in [3.05, 3.63) is 29.7 Å². The fraction of sp³-hybridized carbons (Fsp3) is 0.500. The van der Waals surface area contributed by atoms with Crippen molar-refractivity contribution in [3.8, 4) is 5.88 Å². The van der Waals surface area contributed by atoms with Crippen LogP contribution in [0.5, 0.6) is 5.88 Å². The number of benzene rings is 1. The van der Waals surface area contributed by atoms with Gasteiger partial charge in [-0.2, -0.15) is 0 Å². The lowest BCUT2D eigenvalue weighted by molar-refractivity contribution is 0.0817. The fourth-order valence-electron chi connectivity index (χ4n) is 3.01. The van der Waals surface area contributed by atoms with E-state index in [1.807, 2.05) is 0 Å². The van der Waals surface area contributed by atoms with Crippen LogP contribution in [0.15, 0.2) is 18.3 Å². The average Bonchev–Trinajstić information content (AvgIpc) is 2.55. The summed E-state index contributed by atoms with van der Waals surface area (Å²) in [4.78, 5) is 8.53. The summed E-state index contributed by atoms with van der Waals surface area (Å²) in [7, 11) is 1.49. The van der Waals surface area contributed by atoms with E-state index in [4.69, 9.17) is 10.5 Å². The molecule has 0 amide bonds. The van der Waals surface area contributed by atoms with Gasteiger partial charge in [-0.3, -0.25) is 0 Å². The number of nitrogens with one attached hydrogen (secondary N) is 1. The van der Waals surface area contributed by atoms with E-state index in [9.17, 15) is 9.50 Å². The third-order valence-electron chi connectivity index (χ3n) is 4.35. The zero-order valence-corrected chi connectivity index (χ0v) is 15.4. The summed E-state index contributed by atoms with van der Waals surface area (Å²) in [6.45, 7) is 0.266. The normalized spacial score (nSPS) is 22.8. The van der Waals surface area contributed by atoms with Gasteiger partial charge in [0.15, 0.2) is 0 Å². The molecule has 1 saturated carbocycles. The van der Waals surface area contributed by atoms with E-state index in [2.05, 4.69) is 15.3 Å². The Bertz CT molecular complexity index is 707. The lowest BCUT2D eigenvalue weighted by atomic mass is 9.89. The van der Waals surface area contributed by atoms with Crippen LogP contribution in [-0.2, 0) is 6.54 Å². The van der Waals surface area contributed by atoms with Crippen LogP contribution >= 0.6 is 24.8 Å². The number of halogens is 3. The molecule has 0 aliphatic heterocycles. The first-order valence-corrected chi connectivity index (χ1v) is 7.73. The molecule has 1 aliphatic carbocycles. The summed E-state index contributed by atoms with van der Waals surface area (Å²) in [6.07, 6.45) is 3.16. The summed E-state index contributed by atoms with van der Waals surface area (Å²) in [5, 5.41) is 13.3. The lowest BCUT2D eigenvalue weighted by Gasteiger charge is -2.32. The Morgan fingerprint density at radius 2 is 2.12 bits per heavy atom. The first kappa shape index (κ1) is 21.8. The number of rotatable bonds is 4. The standard InChI is InChI=1S/C16H21FN4O2.2ClH/c1-23-15-8-20-13-5-3-11(17)10(16(13)21-15)7-19-12-4-2-9(18)6-14(12)22;;/h3,5,8-9,12,14,19,22H,2,4,6-7,18H2,1H3;2*1H/t9-,12-,14+;;/m1../s1. The van der Waals surface area contributed by atoms with Crippen LogP contribution in [0.3, 0.4) is 0 Å². The Morgan fingerprint density at radius 3 is 2.80 bits per heavy atom. The molecule has 1 aromatic carbocycles. The molecule has 1 aliphatic rings. The van der Waals surface area contributed by atoms with Crippen molar-refractivity contribution in [1.29, 1.82) is 0 Å². The number of aliphatic hydroxyl groups excluding tert-OH is 1. The molecule has 0 saturated heterocycles. The van der Waals surface area contributed by atoms with Crippen LogP contribution in [-0.4, -0.2) is 40.4 Å². The van der Waals surface area contributed by atoms with Gasteiger partial charge in [0.1, 0.15) is 11.3 Å². The molecule has 2 aromatic rings. The molecule has 1 aromatic heterocycles. The molecule has 6 nitrogen and oxygen atoms in total. The Kier molecular flexibility index (Phi) is 8.24. The number of fused-ring (bicyclic) bond motifs is 1. The molecule has 0 unspecified atom stereocenters. The second kappa shape index (κ2) is 9.45. The number of nitrogens with two attached hydrogens (primary N) is 1. The molecule has 3 atom stereocenters. The summed E-state index contributed by atoms with van der Waals surface area (Å²) in [5.41, 5.74) is 7.35. The molecule has 0 bridgehead atoms. The van der Waals surface area contributed by atoms with E-state index >= 15 is 0 Å². The fourth-order valence-corrected chi connectivity index (χ4v) is 3.01. The van der Waals surface area contributed by atoms with Gasteiger partial charge < -0.3 is 20.9 Å². The topological polar surface area (TPSA) is 93.3 Å². The molecular formula is C16H23Cl2FN4O2. The van der Waals surface area contributed by atoms with Crippen molar-refractivity contribution >= 4 is 35.8 Å². The third-order valence-corrected chi connectivity index (χ3v) is 4.35. The number of hydrogen-bond donors (Lipinski definition) is 3. The van der Waals surface area contributed by atoms with Crippen LogP contribution in [0.1, 0.15) is 24.8 Å². The molecule has 9 heteroatoms. The van der Waals surface area contributed by atoms with E-state index < -0.39 is 6.10 Å². The minimum absolute atomic E-state index is 0. The van der Waals surface area contributed by atoms with E-state index in [1.165, 1.54) is 19.4 Å². The second-order valence-corrected chi connectivity index (χ2v) is 5.93. The van der Waals surface area contributed by atoms with Crippen molar-refractivity contribution in [2.45, 2.75) is 44.0 Å². The Morgan fingerprint density at radius 1 is 1.36 bits per heavy atom. The van der Waals surface area contributed by atoms with Crippen molar-refractivity contribution in [3.63, 3.8) is 0 Å². The molecule has 1 fully saturated rings. The maximum absolute atomic E-state index is 14.2. The molecule has 3 rings (SSSR count). The average molecular weight is 393 g/mol. The van der Waals surface area contributed by atoms with Gasteiger partial charge in [0.25, 0.3) is 0 Å². The highest BCUT2D eigenvalue weighted by Gasteiger charge is 2.27. The highest BCUT2D eigenvalue weighted by molar-refractivity contribution is 5.85. The van der Waals surface area contributed by atoms with E-state index in [0.29, 0.717) is 28.9 Å². The van der Waals surface area contributed by atoms with E-state index in [0.717, 1.165) is 12.8 Å². The predicted octanol–water partition coefficient (Wildman–Crippen LogP) is 1.95. The van der Waals surface area contributed by atoms with Gasteiger partial charge in [-0.1, -0.05) is 0 Å². The first-order chi connectivity index (χ1) is 11.1. The minimum Gasteiger partial charge on any atom is -0.480 e. The monoisotopic (exact) mass is 392 g/mol. The van der Waals surface area contributed by atoms with Crippen LogP contribution < -0.4 is 15.8 Å². The molecule has 4 N–H and O–H groups in total. The van der Waals surface area contributed by atoms with Gasteiger partial charge in [-0.25, -0.2) is 14.4 Å². The van der Waals surface area contributed by atoms with Gasteiger partial charge in [-0.15, -0.1) is 24.8 Å². The summed E-state index contributed by atoms with van der Waals surface area (Å²) < 4.78 is 19.3. The Balaban J connectivity index is 0.00000156. The van der Waals surface area contributed by atoms with E-state index in [-0.39, 0.29) is 49.3 Å². The number of hydrogen-bond acceptors (Lipinski definition) is 6. The SMILES string of the molecule is COc1cnc2ccc(F)c(CN[C@@H]3CC[C@@H](N)C[C@@H]3O)c2n1.Cl.Cl. The zero-order chi connectivity index (χ0) is 16.4. The lowest BCUT2D eigenvalue weighted by Crippen LogP contribution is -2.47. The highest BCUT2D eigenvalue weighted by Crippen LogP contribution is 2.23. The second-order valence-electron chi connectivity index (χ2n) is 5.93. The van der Waals surface area contributed by atoms with Crippen LogP contribution in [0.2, 0.25) is 0 Å². The van der Waals surface area contributed by atoms with Gasteiger partial charge in [-0.05, 0) is 31.4 Å². The van der Waals surface area contributed by atoms with Crippen molar-refractivity contribution < 1.29 is 14.2 Å². The summed E-state index contributed by atoms with van der Waals surface area (Å²) in [6, 6.07) is 2.92. The summed E-state index contributed by atoms with van der Waals surface area (Å²) >= 11 is 0. The van der Waals surface area contributed by atoms with Crippen molar-refractivity contribution in [2.75, 3.05) is 7.11 Å². The molecule has 25 heavy (non-hydrogen) atoms. The number of methoxy groups -OCH3 is 1. The van der Waals surface area contributed by atoms with Gasteiger partial charge in [0, 0.05) is 24.2 Å². The Labute approximate surface area is 158 Å².